The molecule has 2 amide bonds. The number of urea groups is 1. The summed E-state index contributed by atoms with van der Waals surface area (Å²) in [4.78, 5) is 11.7. The van der Waals surface area contributed by atoms with Gasteiger partial charge in [-0.2, -0.15) is 0 Å². The molecule has 0 spiro atoms. The Bertz CT molecular complexity index is 630. The Hall–Kier alpha value is -1.91. The number of halogens is 2. The van der Waals surface area contributed by atoms with Crippen molar-refractivity contribution in [2.45, 2.75) is 6.92 Å². The van der Waals surface area contributed by atoms with Gasteiger partial charge in [0.1, 0.15) is 5.75 Å². The monoisotopic (exact) mass is 324 g/mol. The van der Waals surface area contributed by atoms with E-state index in [1.165, 1.54) is 0 Å². The van der Waals surface area contributed by atoms with E-state index < -0.39 is 0 Å². The molecule has 0 unspecified atom stereocenters. The fraction of sp³-hybridized carbons (Fsp3) is 0.133. The van der Waals surface area contributed by atoms with Crippen LogP contribution in [-0.2, 0) is 0 Å². The highest BCUT2D eigenvalue weighted by atomic mass is 35.5. The SMILES string of the molecule is Cc1ccc(NC(=O)NCOc2ccc(Cl)cc2Cl)cc1. The molecular formula is C15H14Cl2N2O2. The van der Waals surface area contributed by atoms with Crippen LogP contribution in [0.15, 0.2) is 42.5 Å². The van der Waals surface area contributed by atoms with E-state index in [-0.39, 0.29) is 12.8 Å². The standard InChI is InChI=1S/C15H14Cl2N2O2/c1-10-2-5-12(6-3-10)19-15(20)18-9-21-14-7-4-11(16)8-13(14)17/h2-8H,9H2,1H3,(H2,18,19,20). The Labute approximate surface area is 133 Å². The molecule has 21 heavy (non-hydrogen) atoms. The Balaban J connectivity index is 1.80. The molecule has 0 fully saturated rings. The molecule has 0 saturated heterocycles. The van der Waals surface area contributed by atoms with E-state index in [1.807, 2.05) is 31.2 Å². The largest absolute Gasteiger partial charge is 0.472 e. The zero-order valence-electron chi connectivity index (χ0n) is 11.3. The summed E-state index contributed by atoms with van der Waals surface area (Å²) in [6.07, 6.45) is 0. The van der Waals surface area contributed by atoms with Crippen molar-refractivity contribution >= 4 is 34.9 Å². The van der Waals surface area contributed by atoms with Gasteiger partial charge in [-0.05, 0) is 37.3 Å². The minimum Gasteiger partial charge on any atom is -0.472 e. The molecule has 0 aliphatic rings. The summed E-state index contributed by atoms with van der Waals surface area (Å²) in [7, 11) is 0. The average Bonchev–Trinajstić information content (AvgIpc) is 2.44. The van der Waals surface area contributed by atoms with Gasteiger partial charge in [-0.15, -0.1) is 0 Å². The highest BCUT2D eigenvalue weighted by molar-refractivity contribution is 6.35. The van der Waals surface area contributed by atoms with Crippen molar-refractivity contribution in [2.24, 2.45) is 0 Å². The maximum Gasteiger partial charge on any atom is 0.321 e. The number of carbonyl (C=O) groups is 1. The van der Waals surface area contributed by atoms with Gasteiger partial charge in [-0.3, -0.25) is 0 Å². The Morgan fingerprint density at radius 1 is 1.14 bits per heavy atom. The van der Waals surface area contributed by atoms with Gasteiger partial charge in [0.25, 0.3) is 0 Å². The summed E-state index contributed by atoms with van der Waals surface area (Å²) >= 11 is 11.7. The van der Waals surface area contributed by atoms with Gasteiger partial charge in [-0.1, -0.05) is 40.9 Å². The maximum absolute atomic E-state index is 11.7. The maximum atomic E-state index is 11.7. The molecule has 0 atom stereocenters. The molecule has 2 aromatic rings. The minimum absolute atomic E-state index is 0.000945. The summed E-state index contributed by atoms with van der Waals surface area (Å²) in [6, 6.07) is 12.0. The van der Waals surface area contributed by atoms with Crippen LogP contribution < -0.4 is 15.4 Å². The van der Waals surface area contributed by atoms with E-state index in [1.54, 1.807) is 18.2 Å². The number of benzene rings is 2. The Morgan fingerprint density at radius 2 is 1.86 bits per heavy atom. The molecule has 110 valence electrons. The highest BCUT2D eigenvalue weighted by Crippen LogP contribution is 2.27. The molecule has 0 aliphatic carbocycles. The number of hydrogen-bond donors (Lipinski definition) is 2. The lowest BCUT2D eigenvalue weighted by Crippen LogP contribution is -2.32. The number of hydrogen-bond acceptors (Lipinski definition) is 2. The first-order valence-corrected chi connectivity index (χ1v) is 6.99. The van der Waals surface area contributed by atoms with Gasteiger partial charge >= 0.3 is 6.03 Å². The highest BCUT2D eigenvalue weighted by Gasteiger charge is 2.04. The minimum atomic E-state index is -0.357. The van der Waals surface area contributed by atoms with E-state index in [0.29, 0.717) is 21.5 Å². The molecule has 6 heteroatoms. The Morgan fingerprint density at radius 3 is 2.52 bits per heavy atom. The second-order valence-corrected chi connectivity index (χ2v) is 5.20. The third-order valence-electron chi connectivity index (χ3n) is 2.66. The number of ether oxygens (including phenoxy) is 1. The fourth-order valence-electron chi connectivity index (χ4n) is 1.58. The van der Waals surface area contributed by atoms with Gasteiger partial charge in [0.2, 0.25) is 0 Å². The lowest BCUT2D eigenvalue weighted by atomic mass is 10.2. The number of rotatable bonds is 4. The van der Waals surface area contributed by atoms with Crippen LogP contribution in [0, 0.1) is 6.92 Å². The van der Waals surface area contributed by atoms with Gasteiger partial charge in [0, 0.05) is 10.7 Å². The van der Waals surface area contributed by atoms with Crippen molar-refractivity contribution in [3.63, 3.8) is 0 Å². The second-order valence-electron chi connectivity index (χ2n) is 4.36. The number of aryl methyl sites for hydroxylation is 1. The van der Waals surface area contributed by atoms with Crippen LogP contribution in [0.1, 0.15) is 5.56 Å². The van der Waals surface area contributed by atoms with E-state index in [9.17, 15) is 4.79 Å². The fourth-order valence-corrected chi connectivity index (χ4v) is 2.05. The lowest BCUT2D eigenvalue weighted by molar-refractivity contribution is 0.234. The van der Waals surface area contributed by atoms with Crippen LogP contribution >= 0.6 is 23.2 Å². The topological polar surface area (TPSA) is 50.4 Å². The second kappa shape index (κ2) is 7.20. The lowest BCUT2D eigenvalue weighted by Gasteiger charge is -2.10. The summed E-state index contributed by atoms with van der Waals surface area (Å²) in [5, 5.41) is 6.18. The normalized spacial score (nSPS) is 10.0. The number of amides is 2. The van der Waals surface area contributed by atoms with Crippen molar-refractivity contribution in [1.29, 1.82) is 0 Å². The average molecular weight is 325 g/mol. The quantitative estimate of drug-likeness (QED) is 0.816. The van der Waals surface area contributed by atoms with Crippen LogP contribution in [0.2, 0.25) is 10.0 Å². The molecule has 0 radical (unpaired) electrons. The first-order valence-electron chi connectivity index (χ1n) is 6.24. The zero-order valence-corrected chi connectivity index (χ0v) is 12.8. The molecule has 2 rings (SSSR count). The summed E-state index contributed by atoms with van der Waals surface area (Å²) in [5.41, 5.74) is 1.84. The number of nitrogens with one attached hydrogen (secondary N) is 2. The smallest absolute Gasteiger partial charge is 0.321 e. The zero-order chi connectivity index (χ0) is 15.2. The van der Waals surface area contributed by atoms with Gasteiger partial charge in [0.05, 0.1) is 5.02 Å². The Kier molecular flexibility index (Phi) is 5.31. The molecule has 0 saturated carbocycles. The predicted octanol–water partition coefficient (Wildman–Crippen LogP) is 4.46. The van der Waals surface area contributed by atoms with Crippen LogP contribution in [0.3, 0.4) is 0 Å². The molecule has 2 N–H and O–H groups in total. The van der Waals surface area contributed by atoms with E-state index in [4.69, 9.17) is 27.9 Å². The molecule has 4 nitrogen and oxygen atoms in total. The first-order chi connectivity index (χ1) is 10.0. The van der Waals surface area contributed by atoms with E-state index >= 15 is 0 Å². The van der Waals surface area contributed by atoms with Crippen molar-refractivity contribution in [2.75, 3.05) is 12.0 Å². The third-order valence-corrected chi connectivity index (χ3v) is 3.19. The van der Waals surface area contributed by atoms with Crippen molar-refractivity contribution < 1.29 is 9.53 Å². The van der Waals surface area contributed by atoms with Gasteiger partial charge in [-0.25, -0.2) is 4.79 Å². The number of carbonyl (C=O) groups excluding carboxylic acids is 1. The number of anilines is 1. The molecule has 0 aliphatic heterocycles. The summed E-state index contributed by atoms with van der Waals surface area (Å²) < 4.78 is 5.36. The van der Waals surface area contributed by atoms with Crippen LogP contribution in [-0.4, -0.2) is 12.8 Å². The molecule has 0 bridgehead atoms. The third kappa shape index (κ3) is 4.85. The van der Waals surface area contributed by atoms with E-state index in [0.717, 1.165) is 5.56 Å². The summed E-state index contributed by atoms with van der Waals surface area (Å²) in [5.74, 6) is 0.455. The molecule has 0 heterocycles. The van der Waals surface area contributed by atoms with Crippen molar-refractivity contribution in [3.8, 4) is 5.75 Å². The van der Waals surface area contributed by atoms with Crippen molar-refractivity contribution in [1.82, 2.24) is 5.32 Å². The van der Waals surface area contributed by atoms with Crippen LogP contribution in [0.5, 0.6) is 5.75 Å². The van der Waals surface area contributed by atoms with Gasteiger partial charge < -0.3 is 15.4 Å². The molecular weight excluding hydrogens is 311 g/mol. The molecule has 2 aromatic carbocycles. The predicted molar refractivity (Wildman–Crippen MR) is 85.3 cm³/mol. The van der Waals surface area contributed by atoms with E-state index in [2.05, 4.69) is 10.6 Å². The summed E-state index contributed by atoms with van der Waals surface area (Å²) in [6.45, 7) is 1.98. The van der Waals surface area contributed by atoms with Crippen LogP contribution in [0.4, 0.5) is 10.5 Å². The van der Waals surface area contributed by atoms with Crippen molar-refractivity contribution in [3.05, 3.63) is 58.1 Å². The molecule has 0 aromatic heterocycles. The first kappa shape index (κ1) is 15.5. The van der Waals surface area contributed by atoms with Gasteiger partial charge in [0.15, 0.2) is 6.73 Å². The van der Waals surface area contributed by atoms with Crippen LogP contribution in [0.25, 0.3) is 0 Å².